The highest BCUT2D eigenvalue weighted by atomic mass is 32.2. The molecular formula is C16H19NO2S. The second-order valence-corrected chi connectivity index (χ2v) is 5.72. The average Bonchev–Trinajstić information content (AvgIpc) is 2.92. The molecule has 1 amide bonds. The van der Waals surface area contributed by atoms with E-state index in [1.165, 1.54) is 5.56 Å². The monoisotopic (exact) mass is 289 g/mol. The minimum Gasteiger partial charge on any atom is -0.469 e. The topological polar surface area (TPSA) is 42.2 Å². The predicted molar refractivity (Wildman–Crippen MR) is 82.6 cm³/mol. The van der Waals surface area contributed by atoms with Crippen molar-refractivity contribution in [3.05, 3.63) is 60.1 Å². The van der Waals surface area contributed by atoms with E-state index in [1.54, 1.807) is 18.0 Å². The molecule has 0 saturated heterocycles. The van der Waals surface area contributed by atoms with Crippen molar-refractivity contribution in [3.63, 3.8) is 0 Å². The van der Waals surface area contributed by atoms with Gasteiger partial charge in [0, 0.05) is 18.2 Å². The number of hydrogen-bond donors (Lipinski definition) is 1. The molecule has 2 rings (SSSR count). The first-order chi connectivity index (χ1) is 9.74. The van der Waals surface area contributed by atoms with Gasteiger partial charge in [-0.15, -0.1) is 11.8 Å². The van der Waals surface area contributed by atoms with E-state index >= 15 is 0 Å². The van der Waals surface area contributed by atoms with Gasteiger partial charge < -0.3 is 9.73 Å². The summed E-state index contributed by atoms with van der Waals surface area (Å²) in [5.41, 5.74) is 1.24. The van der Waals surface area contributed by atoms with E-state index in [1.807, 2.05) is 37.3 Å². The van der Waals surface area contributed by atoms with Crippen molar-refractivity contribution in [1.29, 1.82) is 0 Å². The van der Waals surface area contributed by atoms with Crippen LogP contribution in [0.5, 0.6) is 0 Å². The molecule has 1 N–H and O–H groups in total. The summed E-state index contributed by atoms with van der Waals surface area (Å²) < 4.78 is 5.27. The highest BCUT2D eigenvalue weighted by Gasteiger charge is 2.09. The molecule has 0 bridgehead atoms. The van der Waals surface area contributed by atoms with Crippen LogP contribution in [0.1, 0.15) is 18.2 Å². The molecule has 1 atom stereocenters. The molecular weight excluding hydrogens is 270 g/mol. The van der Waals surface area contributed by atoms with Gasteiger partial charge in [-0.3, -0.25) is 4.79 Å². The van der Waals surface area contributed by atoms with E-state index in [4.69, 9.17) is 4.42 Å². The lowest BCUT2D eigenvalue weighted by molar-refractivity contribution is -0.119. The number of thioether (sulfide) groups is 1. The van der Waals surface area contributed by atoms with E-state index in [0.29, 0.717) is 5.75 Å². The van der Waals surface area contributed by atoms with Gasteiger partial charge in [0.25, 0.3) is 0 Å². The largest absolute Gasteiger partial charge is 0.469 e. The maximum atomic E-state index is 11.8. The normalized spacial score (nSPS) is 12.1. The molecule has 0 unspecified atom stereocenters. The van der Waals surface area contributed by atoms with Crippen LogP contribution >= 0.6 is 11.8 Å². The quantitative estimate of drug-likeness (QED) is 0.850. The number of carbonyl (C=O) groups is 1. The van der Waals surface area contributed by atoms with E-state index < -0.39 is 0 Å². The van der Waals surface area contributed by atoms with Gasteiger partial charge in [0.1, 0.15) is 5.76 Å². The SMILES string of the molecule is C[C@H](Cc1ccco1)NC(=O)CSCc1ccccc1. The van der Waals surface area contributed by atoms with Crippen LogP contribution in [0.15, 0.2) is 53.1 Å². The highest BCUT2D eigenvalue weighted by Crippen LogP contribution is 2.11. The molecule has 1 aromatic heterocycles. The van der Waals surface area contributed by atoms with Gasteiger partial charge in [0.2, 0.25) is 5.91 Å². The number of rotatable bonds is 7. The van der Waals surface area contributed by atoms with Crippen LogP contribution in [-0.4, -0.2) is 17.7 Å². The average molecular weight is 289 g/mol. The maximum Gasteiger partial charge on any atom is 0.230 e. The lowest BCUT2D eigenvalue weighted by Gasteiger charge is -2.12. The Balaban J connectivity index is 1.65. The molecule has 0 spiro atoms. The van der Waals surface area contributed by atoms with Gasteiger partial charge in [-0.2, -0.15) is 0 Å². The van der Waals surface area contributed by atoms with Crippen molar-refractivity contribution in [2.45, 2.75) is 25.1 Å². The van der Waals surface area contributed by atoms with Crippen molar-refractivity contribution in [3.8, 4) is 0 Å². The van der Waals surface area contributed by atoms with Crippen LogP contribution in [0.4, 0.5) is 0 Å². The number of amides is 1. The standard InChI is InChI=1S/C16H19NO2S/c1-13(10-15-8-5-9-19-15)17-16(18)12-20-11-14-6-3-2-4-7-14/h2-9,13H,10-12H2,1H3,(H,17,18)/t13-/m1/s1. The Morgan fingerprint density at radius 3 is 2.75 bits per heavy atom. The van der Waals surface area contributed by atoms with E-state index in [9.17, 15) is 4.79 Å². The second-order valence-electron chi connectivity index (χ2n) is 4.73. The van der Waals surface area contributed by atoms with Crippen molar-refractivity contribution in [1.82, 2.24) is 5.32 Å². The first kappa shape index (κ1) is 14.7. The molecule has 0 aliphatic heterocycles. The maximum absolute atomic E-state index is 11.8. The zero-order valence-electron chi connectivity index (χ0n) is 11.5. The number of hydrogen-bond acceptors (Lipinski definition) is 3. The van der Waals surface area contributed by atoms with E-state index in [0.717, 1.165) is 17.9 Å². The van der Waals surface area contributed by atoms with Crippen LogP contribution in [0, 0.1) is 0 Å². The third kappa shape index (κ3) is 5.13. The Labute approximate surface area is 123 Å². The zero-order chi connectivity index (χ0) is 14.2. The number of furan rings is 1. The third-order valence-corrected chi connectivity index (χ3v) is 3.84. The summed E-state index contributed by atoms with van der Waals surface area (Å²) in [6.07, 6.45) is 2.38. The Kier molecular flexibility index (Phi) is 5.74. The molecule has 4 heteroatoms. The molecule has 0 aliphatic carbocycles. The highest BCUT2D eigenvalue weighted by molar-refractivity contribution is 7.99. The fourth-order valence-electron chi connectivity index (χ4n) is 1.93. The zero-order valence-corrected chi connectivity index (χ0v) is 12.4. The molecule has 1 aromatic carbocycles. The Hall–Kier alpha value is -1.68. The minimum atomic E-state index is 0.0741. The number of nitrogens with one attached hydrogen (secondary N) is 1. The molecule has 2 aromatic rings. The van der Waals surface area contributed by atoms with E-state index in [-0.39, 0.29) is 11.9 Å². The van der Waals surface area contributed by atoms with E-state index in [2.05, 4.69) is 17.4 Å². The fourth-order valence-corrected chi connectivity index (χ4v) is 2.73. The summed E-state index contributed by atoms with van der Waals surface area (Å²) in [6.45, 7) is 1.99. The van der Waals surface area contributed by atoms with Gasteiger partial charge in [-0.1, -0.05) is 30.3 Å². The van der Waals surface area contributed by atoms with Gasteiger partial charge >= 0.3 is 0 Å². The number of carbonyl (C=O) groups excluding carboxylic acids is 1. The Morgan fingerprint density at radius 1 is 1.25 bits per heavy atom. The molecule has 0 fully saturated rings. The van der Waals surface area contributed by atoms with Crippen molar-refractivity contribution >= 4 is 17.7 Å². The predicted octanol–water partition coefficient (Wildman–Crippen LogP) is 3.26. The van der Waals surface area contributed by atoms with Crippen molar-refractivity contribution in [2.24, 2.45) is 0 Å². The molecule has 106 valence electrons. The molecule has 3 nitrogen and oxygen atoms in total. The molecule has 0 radical (unpaired) electrons. The summed E-state index contributed by atoms with van der Waals surface area (Å²) in [5.74, 6) is 2.32. The lowest BCUT2D eigenvalue weighted by Crippen LogP contribution is -2.35. The second kappa shape index (κ2) is 7.80. The van der Waals surface area contributed by atoms with Crippen molar-refractivity contribution < 1.29 is 9.21 Å². The summed E-state index contributed by atoms with van der Waals surface area (Å²) in [4.78, 5) is 11.8. The fraction of sp³-hybridized carbons (Fsp3) is 0.312. The van der Waals surface area contributed by atoms with Crippen LogP contribution in [0.3, 0.4) is 0 Å². The molecule has 20 heavy (non-hydrogen) atoms. The minimum absolute atomic E-state index is 0.0741. The Morgan fingerprint density at radius 2 is 2.05 bits per heavy atom. The van der Waals surface area contributed by atoms with Gasteiger partial charge in [-0.25, -0.2) is 0 Å². The first-order valence-corrected chi connectivity index (χ1v) is 7.83. The molecule has 0 saturated carbocycles. The summed E-state index contributed by atoms with van der Waals surface area (Å²) >= 11 is 1.63. The van der Waals surface area contributed by atoms with Crippen LogP contribution in [0.25, 0.3) is 0 Å². The van der Waals surface area contributed by atoms with Gasteiger partial charge in [-0.05, 0) is 24.6 Å². The van der Waals surface area contributed by atoms with Crippen LogP contribution in [-0.2, 0) is 17.0 Å². The van der Waals surface area contributed by atoms with Crippen molar-refractivity contribution in [2.75, 3.05) is 5.75 Å². The third-order valence-electron chi connectivity index (χ3n) is 2.84. The smallest absolute Gasteiger partial charge is 0.230 e. The summed E-state index contributed by atoms with van der Waals surface area (Å²) in [5, 5.41) is 2.98. The first-order valence-electron chi connectivity index (χ1n) is 6.67. The summed E-state index contributed by atoms with van der Waals surface area (Å²) in [7, 11) is 0. The Bertz CT molecular complexity index is 511. The van der Waals surface area contributed by atoms with Gasteiger partial charge in [0.15, 0.2) is 0 Å². The van der Waals surface area contributed by atoms with Crippen LogP contribution < -0.4 is 5.32 Å². The summed E-state index contributed by atoms with van der Waals surface area (Å²) in [6, 6.07) is 14.0. The van der Waals surface area contributed by atoms with Gasteiger partial charge in [0.05, 0.1) is 12.0 Å². The lowest BCUT2D eigenvalue weighted by atomic mass is 10.2. The number of benzene rings is 1. The molecule has 0 aliphatic rings. The van der Waals surface area contributed by atoms with Crippen LogP contribution in [0.2, 0.25) is 0 Å². The molecule has 1 heterocycles.